The number of benzene rings is 1. The molecule has 0 radical (unpaired) electrons. The average molecular weight is 382 g/mol. The van der Waals surface area contributed by atoms with E-state index in [1.807, 2.05) is 17.0 Å². The fraction of sp³-hybridized carbons (Fsp3) is 0.545. The smallest absolute Gasteiger partial charge is 0.222 e. The van der Waals surface area contributed by atoms with E-state index < -0.39 is 0 Å². The highest BCUT2D eigenvalue weighted by molar-refractivity contribution is 5.77. The first kappa shape index (κ1) is 19.2. The summed E-state index contributed by atoms with van der Waals surface area (Å²) in [6.07, 6.45) is 4.40. The zero-order chi connectivity index (χ0) is 19.7. The van der Waals surface area contributed by atoms with Crippen molar-refractivity contribution in [1.82, 2.24) is 24.3 Å². The molecular weight excluding hydrogens is 350 g/mol. The number of rotatable bonds is 4. The molecule has 1 amide bonds. The Balaban J connectivity index is 1.52. The molecule has 0 N–H and O–H groups in total. The van der Waals surface area contributed by atoms with E-state index in [1.54, 1.807) is 0 Å². The minimum atomic E-state index is 0.0639. The number of nitrogens with zero attached hydrogens (tertiary/aromatic N) is 5. The van der Waals surface area contributed by atoms with Gasteiger partial charge in [-0.2, -0.15) is 0 Å². The maximum Gasteiger partial charge on any atom is 0.222 e. The van der Waals surface area contributed by atoms with Crippen LogP contribution in [0, 0.1) is 0 Å². The number of hydrogen-bond acceptors (Lipinski definition) is 4. The van der Waals surface area contributed by atoms with Crippen LogP contribution in [-0.4, -0.2) is 75.5 Å². The van der Waals surface area contributed by atoms with Crippen molar-refractivity contribution < 1.29 is 4.79 Å². The van der Waals surface area contributed by atoms with Crippen molar-refractivity contribution in [2.75, 3.05) is 39.8 Å². The number of para-hydroxylation sites is 2. The Hall–Kier alpha value is -2.18. The summed E-state index contributed by atoms with van der Waals surface area (Å²) in [7, 11) is 4.33. The van der Waals surface area contributed by atoms with Crippen molar-refractivity contribution in [2.24, 2.45) is 7.05 Å². The molecule has 4 rings (SSSR count). The summed E-state index contributed by atoms with van der Waals surface area (Å²) in [5.41, 5.74) is 2.31. The molecule has 1 aromatic carbocycles. The summed E-state index contributed by atoms with van der Waals surface area (Å²) in [5, 5.41) is 0. The number of carbonyl (C=O) groups is 1. The Bertz CT molecular complexity index is 875. The maximum atomic E-state index is 12.5. The lowest BCUT2D eigenvalue weighted by molar-refractivity contribution is -0.130. The fourth-order valence-corrected chi connectivity index (χ4v) is 4.80. The van der Waals surface area contributed by atoms with E-state index >= 15 is 0 Å². The number of aryl methyl sites for hydroxylation is 1. The summed E-state index contributed by atoms with van der Waals surface area (Å²) in [6.45, 7) is 9.17. The Labute approximate surface area is 167 Å². The molecule has 150 valence electrons. The van der Waals surface area contributed by atoms with Crippen LogP contribution in [0.5, 0.6) is 0 Å². The molecule has 1 spiro atoms. The van der Waals surface area contributed by atoms with Crippen LogP contribution in [-0.2, 0) is 18.4 Å². The number of piperazine rings is 1. The highest BCUT2D eigenvalue weighted by atomic mass is 16.2. The SMILES string of the molecule is C=CCN1CC[C@]2(CCC1=O)CN(Cc1nc3ccccc3n1C)CCN2C. The summed E-state index contributed by atoms with van der Waals surface area (Å²) >= 11 is 0. The molecule has 2 saturated heterocycles. The molecular formula is C22H31N5O. The van der Waals surface area contributed by atoms with E-state index in [2.05, 4.69) is 53.2 Å². The van der Waals surface area contributed by atoms with Crippen LogP contribution in [0.2, 0.25) is 0 Å². The van der Waals surface area contributed by atoms with Gasteiger partial charge in [-0.05, 0) is 32.0 Å². The molecule has 2 aliphatic heterocycles. The molecule has 0 unspecified atom stereocenters. The second-order valence-corrected chi connectivity index (χ2v) is 8.31. The third-order valence-corrected chi connectivity index (χ3v) is 6.68. The Morgan fingerprint density at radius 1 is 1.18 bits per heavy atom. The monoisotopic (exact) mass is 381 g/mol. The first-order valence-corrected chi connectivity index (χ1v) is 10.2. The summed E-state index contributed by atoms with van der Waals surface area (Å²) in [6, 6.07) is 8.31. The van der Waals surface area contributed by atoms with E-state index in [-0.39, 0.29) is 11.4 Å². The molecule has 2 aromatic rings. The second kappa shape index (κ2) is 7.68. The normalized spacial score (nSPS) is 24.8. The van der Waals surface area contributed by atoms with Crippen LogP contribution in [0.15, 0.2) is 36.9 Å². The second-order valence-electron chi connectivity index (χ2n) is 8.31. The predicted octanol–water partition coefficient (Wildman–Crippen LogP) is 2.26. The number of carbonyl (C=O) groups excluding carboxylic acids is 1. The number of likely N-dealkylation sites (tertiary alicyclic amines) is 1. The topological polar surface area (TPSA) is 44.6 Å². The Kier molecular flexibility index (Phi) is 5.25. The third-order valence-electron chi connectivity index (χ3n) is 6.68. The Morgan fingerprint density at radius 3 is 2.79 bits per heavy atom. The van der Waals surface area contributed by atoms with Crippen LogP contribution < -0.4 is 0 Å². The molecule has 2 fully saturated rings. The van der Waals surface area contributed by atoms with Gasteiger partial charge in [0.2, 0.25) is 5.91 Å². The van der Waals surface area contributed by atoms with Gasteiger partial charge in [0.1, 0.15) is 5.82 Å². The molecule has 3 heterocycles. The van der Waals surface area contributed by atoms with Gasteiger partial charge in [0, 0.05) is 51.7 Å². The zero-order valence-corrected chi connectivity index (χ0v) is 17.1. The van der Waals surface area contributed by atoms with Crippen molar-refractivity contribution in [1.29, 1.82) is 0 Å². The van der Waals surface area contributed by atoms with Crippen molar-refractivity contribution >= 4 is 16.9 Å². The molecule has 6 nitrogen and oxygen atoms in total. The van der Waals surface area contributed by atoms with Gasteiger partial charge in [-0.15, -0.1) is 6.58 Å². The number of imidazole rings is 1. The van der Waals surface area contributed by atoms with Gasteiger partial charge >= 0.3 is 0 Å². The van der Waals surface area contributed by atoms with Gasteiger partial charge in [0.25, 0.3) is 0 Å². The molecule has 2 aliphatic rings. The lowest BCUT2D eigenvalue weighted by atomic mass is 9.86. The summed E-state index contributed by atoms with van der Waals surface area (Å²) in [4.78, 5) is 24.3. The minimum Gasteiger partial charge on any atom is -0.339 e. The van der Waals surface area contributed by atoms with Crippen molar-refractivity contribution in [3.05, 3.63) is 42.7 Å². The highest BCUT2D eigenvalue weighted by Gasteiger charge is 2.42. The molecule has 0 saturated carbocycles. The van der Waals surface area contributed by atoms with Crippen molar-refractivity contribution in [3.8, 4) is 0 Å². The first-order valence-electron chi connectivity index (χ1n) is 10.2. The van der Waals surface area contributed by atoms with Gasteiger partial charge in [-0.25, -0.2) is 4.98 Å². The highest BCUT2D eigenvalue weighted by Crippen LogP contribution is 2.32. The van der Waals surface area contributed by atoms with Crippen molar-refractivity contribution in [2.45, 2.75) is 31.3 Å². The van der Waals surface area contributed by atoms with Crippen molar-refractivity contribution in [3.63, 3.8) is 0 Å². The summed E-state index contributed by atoms with van der Waals surface area (Å²) < 4.78 is 2.21. The molecule has 6 heteroatoms. The van der Waals surface area contributed by atoms with Crippen LogP contribution in [0.25, 0.3) is 11.0 Å². The quantitative estimate of drug-likeness (QED) is 0.762. The molecule has 1 atom stereocenters. The van der Waals surface area contributed by atoms with E-state index in [0.717, 1.165) is 56.9 Å². The lowest BCUT2D eigenvalue weighted by Gasteiger charge is -2.49. The maximum absolute atomic E-state index is 12.5. The molecule has 0 aliphatic carbocycles. The van der Waals surface area contributed by atoms with E-state index in [0.29, 0.717) is 13.0 Å². The van der Waals surface area contributed by atoms with Crippen LogP contribution in [0.3, 0.4) is 0 Å². The van der Waals surface area contributed by atoms with E-state index in [9.17, 15) is 4.79 Å². The third kappa shape index (κ3) is 3.47. The van der Waals surface area contributed by atoms with Gasteiger partial charge in [0.15, 0.2) is 0 Å². The zero-order valence-electron chi connectivity index (χ0n) is 17.1. The standard InChI is InChI=1S/C22H31N5O/c1-4-12-27-13-11-22(10-9-21(27)28)17-26(15-14-24(22)2)16-20-23-18-7-5-6-8-19(18)25(20)3/h4-8H,1,9-17H2,2-3H3/t22-/m1/s1. The number of fused-ring (bicyclic) bond motifs is 1. The first-order chi connectivity index (χ1) is 13.5. The molecule has 28 heavy (non-hydrogen) atoms. The molecule has 1 aromatic heterocycles. The minimum absolute atomic E-state index is 0.0639. The van der Waals surface area contributed by atoms with Gasteiger partial charge in [-0.3, -0.25) is 14.6 Å². The van der Waals surface area contributed by atoms with Crippen LogP contribution >= 0.6 is 0 Å². The number of likely N-dealkylation sites (N-methyl/N-ethyl adjacent to an activating group) is 1. The van der Waals surface area contributed by atoms with E-state index in [1.165, 1.54) is 5.52 Å². The van der Waals surface area contributed by atoms with E-state index in [4.69, 9.17) is 4.98 Å². The number of hydrogen-bond donors (Lipinski definition) is 0. The van der Waals surface area contributed by atoms with Crippen LogP contribution in [0.4, 0.5) is 0 Å². The van der Waals surface area contributed by atoms with Gasteiger partial charge < -0.3 is 9.47 Å². The largest absolute Gasteiger partial charge is 0.339 e. The number of aromatic nitrogens is 2. The van der Waals surface area contributed by atoms with Crippen LogP contribution in [0.1, 0.15) is 25.1 Å². The fourth-order valence-electron chi connectivity index (χ4n) is 4.80. The molecule has 0 bridgehead atoms. The Morgan fingerprint density at radius 2 is 2.00 bits per heavy atom. The average Bonchev–Trinajstić information content (AvgIpc) is 2.92. The predicted molar refractivity (Wildman–Crippen MR) is 112 cm³/mol. The summed E-state index contributed by atoms with van der Waals surface area (Å²) in [5.74, 6) is 1.37. The lowest BCUT2D eigenvalue weighted by Crippen LogP contribution is -2.60. The van der Waals surface area contributed by atoms with Gasteiger partial charge in [-0.1, -0.05) is 18.2 Å². The number of amides is 1. The van der Waals surface area contributed by atoms with Gasteiger partial charge in [0.05, 0.1) is 17.6 Å².